The first-order valence-corrected chi connectivity index (χ1v) is 14.1. The Kier molecular flexibility index (Phi) is 8.68. The van der Waals surface area contributed by atoms with Gasteiger partial charge in [0.2, 0.25) is 5.91 Å². The standard InChI is InChI=1S/C30H34N2O6S/c1-35-22-7-3-6-21(16-22)30(34)31(18-25-10-5-14-37-25)19-29(33)32-13-11-28-26(12-15-39-28)27(32)20-38-24-9-4-8-23(17-24)36-2/h3-4,6-9,12,15-17,25,27H,5,10-11,13-14,18-20H2,1-2H3/t25-,27+/m1/s1. The lowest BCUT2D eigenvalue weighted by atomic mass is 10.00. The Bertz CT molecular complexity index is 1290. The number of carbonyl (C=O) groups excluding carboxylic acids is 2. The largest absolute Gasteiger partial charge is 0.497 e. The van der Waals surface area contributed by atoms with Crippen molar-refractivity contribution in [2.45, 2.75) is 31.4 Å². The minimum absolute atomic E-state index is 0.0367. The number of rotatable bonds is 10. The van der Waals surface area contributed by atoms with Crippen LogP contribution in [-0.4, -0.2) is 74.8 Å². The lowest BCUT2D eigenvalue weighted by Crippen LogP contribution is -2.49. The summed E-state index contributed by atoms with van der Waals surface area (Å²) in [7, 11) is 3.19. The molecule has 3 heterocycles. The molecular formula is C30H34N2O6S. The van der Waals surface area contributed by atoms with E-state index in [0.717, 1.165) is 24.8 Å². The summed E-state index contributed by atoms with van der Waals surface area (Å²) in [6.07, 6.45) is 2.53. The number of hydrogen-bond donors (Lipinski definition) is 0. The third-order valence-corrected chi connectivity index (χ3v) is 8.24. The number of benzene rings is 2. The molecule has 8 nitrogen and oxygen atoms in total. The number of fused-ring (bicyclic) bond motifs is 1. The lowest BCUT2D eigenvalue weighted by Gasteiger charge is -2.37. The van der Waals surface area contributed by atoms with Crippen molar-refractivity contribution < 1.29 is 28.5 Å². The van der Waals surface area contributed by atoms with E-state index < -0.39 is 0 Å². The van der Waals surface area contributed by atoms with Crippen LogP contribution in [-0.2, 0) is 16.0 Å². The second-order valence-corrected chi connectivity index (χ2v) is 10.7. The van der Waals surface area contributed by atoms with Gasteiger partial charge in [0.25, 0.3) is 5.91 Å². The van der Waals surface area contributed by atoms with Crippen molar-refractivity contribution in [1.82, 2.24) is 9.80 Å². The summed E-state index contributed by atoms with van der Waals surface area (Å²) in [6, 6.07) is 16.3. The molecule has 0 unspecified atom stereocenters. The molecule has 206 valence electrons. The van der Waals surface area contributed by atoms with Crippen LogP contribution in [0.2, 0.25) is 0 Å². The number of amides is 2. The third-order valence-electron chi connectivity index (χ3n) is 7.24. The highest BCUT2D eigenvalue weighted by atomic mass is 32.1. The molecule has 1 aromatic heterocycles. The van der Waals surface area contributed by atoms with Gasteiger partial charge in [-0.15, -0.1) is 11.3 Å². The maximum atomic E-state index is 13.9. The van der Waals surface area contributed by atoms with Crippen LogP contribution in [0.5, 0.6) is 17.2 Å². The van der Waals surface area contributed by atoms with Crippen LogP contribution in [0.1, 0.15) is 39.7 Å². The van der Waals surface area contributed by atoms with Gasteiger partial charge in [-0.3, -0.25) is 9.59 Å². The minimum atomic E-state index is -0.254. The molecule has 0 bridgehead atoms. The number of hydrogen-bond acceptors (Lipinski definition) is 7. The van der Waals surface area contributed by atoms with E-state index in [9.17, 15) is 9.59 Å². The number of thiophene rings is 1. The molecule has 0 saturated carbocycles. The fraction of sp³-hybridized carbons (Fsp3) is 0.400. The minimum Gasteiger partial charge on any atom is -0.497 e. The zero-order valence-electron chi connectivity index (χ0n) is 22.3. The van der Waals surface area contributed by atoms with Crippen LogP contribution in [0.25, 0.3) is 0 Å². The molecule has 0 N–H and O–H groups in total. The molecule has 39 heavy (non-hydrogen) atoms. The maximum Gasteiger partial charge on any atom is 0.254 e. The van der Waals surface area contributed by atoms with E-state index in [2.05, 4.69) is 11.4 Å². The van der Waals surface area contributed by atoms with Gasteiger partial charge in [-0.25, -0.2) is 0 Å². The van der Waals surface area contributed by atoms with Gasteiger partial charge in [0.05, 0.1) is 26.4 Å². The van der Waals surface area contributed by atoms with Gasteiger partial charge in [0.15, 0.2) is 0 Å². The summed E-state index contributed by atoms with van der Waals surface area (Å²) in [6.45, 7) is 1.88. The highest BCUT2D eigenvalue weighted by Gasteiger charge is 2.34. The Morgan fingerprint density at radius 3 is 2.59 bits per heavy atom. The number of carbonyl (C=O) groups is 2. The number of ether oxygens (including phenoxy) is 4. The molecule has 2 amide bonds. The van der Waals surface area contributed by atoms with Gasteiger partial charge in [-0.1, -0.05) is 12.1 Å². The second-order valence-electron chi connectivity index (χ2n) is 9.69. The zero-order chi connectivity index (χ0) is 27.2. The van der Waals surface area contributed by atoms with Crippen molar-refractivity contribution in [1.29, 1.82) is 0 Å². The van der Waals surface area contributed by atoms with Crippen LogP contribution in [0.3, 0.4) is 0 Å². The van der Waals surface area contributed by atoms with E-state index in [4.69, 9.17) is 18.9 Å². The number of nitrogens with zero attached hydrogens (tertiary/aromatic N) is 2. The summed E-state index contributed by atoms with van der Waals surface area (Å²) < 4.78 is 22.6. The lowest BCUT2D eigenvalue weighted by molar-refractivity contribution is -0.135. The summed E-state index contributed by atoms with van der Waals surface area (Å²) in [5.74, 6) is 1.66. The van der Waals surface area contributed by atoms with Crippen LogP contribution in [0.15, 0.2) is 60.0 Å². The molecule has 9 heteroatoms. The monoisotopic (exact) mass is 550 g/mol. The predicted octanol–water partition coefficient (Wildman–Crippen LogP) is 4.59. The van der Waals surface area contributed by atoms with E-state index >= 15 is 0 Å². The Hall–Kier alpha value is -3.56. The third kappa shape index (κ3) is 6.37. The summed E-state index contributed by atoms with van der Waals surface area (Å²) >= 11 is 1.71. The second kappa shape index (κ2) is 12.5. The Balaban J connectivity index is 1.35. The van der Waals surface area contributed by atoms with Crippen molar-refractivity contribution in [3.63, 3.8) is 0 Å². The van der Waals surface area contributed by atoms with E-state index in [1.54, 1.807) is 54.7 Å². The molecule has 1 fully saturated rings. The summed E-state index contributed by atoms with van der Waals surface area (Å²) in [4.78, 5) is 32.3. The van der Waals surface area contributed by atoms with Crippen molar-refractivity contribution >= 4 is 23.2 Å². The molecule has 0 aliphatic carbocycles. The highest BCUT2D eigenvalue weighted by molar-refractivity contribution is 7.10. The first-order valence-electron chi connectivity index (χ1n) is 13.2. The van der Waals surface area contributed by atoms with Gasteiger partial charge in [0, 0.05) is 36.2 Å². The maximum absolute atomic E-state index is 13.9. The molecule has 2 aliphatic heterocycles. The van der Waals surface area contributed by atoms with E-state index in [-0.39, 0.29) is 30.5 Å². The van der Waals surface area contributed by atoms with Crippen LogP contribution in [0, 0.1) is 0 Å². The van der Waals surface area contributed by atoms with Gasteiger partial charge in [-0.05, 0) is 66.6 Å². The van der Waals surface area contributed by atoms with Crippen molar-refractivity contribution in [3.05, 3.63) is 76.0 Å². The van der Waals surface area contributed by atoms with Crippen LogP contribution < -0.4 is 14.2 Å². The fourth-order valence-corrected chi connectivity index (χ4v) is 6.12. The molecule has 2 aromatic carbocycles. The van der Waals surface area contributed by atoms with E-state index in [1.807, 2.05) is 29.2 Å². The average Bonchev–Trinajstić information content (AvgIpc) is 3.67. The van der Waals surface area contributed by atoms with Gasteiger partial charge < -0.3 is 28.7 Å². The van der Waals surface area contributed by atoms with Gasteiger partial charge in [0.1, 0.15) is 30.4 Å². The Morgan fingerprint density at radius 2 is 1.82 bits per heavy atom. The molecule has 5 rings (SSSR count). The van der Waals surface area contributed by atoms with E-state index in [0.29, 0.717) is 49.1 Å². The van der Waals surface area contributed by atoms with Gasteiger partial charge in [-0.2, -0.15) is 0 Å². The topological polar surface area (TPSA) is 77.5 Å². The highest BCUT2D eigenvalue weighted by Crippen LogP contribution is 2.34. The zero-order valence-corrected chi connectivity index (χ0v) is 23.2. The van der Waals surface area contributed by atoms with Gasteiger partial charge >= 0.3 is 0 Å². The summed E-state index contributed by atoms with van der Waals surface area (Å²) in [5, 5.41) is 2.06. The first kappa shape index (κ1) is 27.0. The average molecular weight is 551 g/mol. The van der Waals surface area contributed by atoms with E-state index in [1.165, 1.54) is 4.88 Å². The molecular weight excluding hydrogens is 516 g/mol. The normalized spacial score (nSPS) is 18.4. The smallest absolute Gasteiger partial charge is 0.254 e. The van der Waals surface area contributed by atoms with Crippen LogP contribution >= 0.6 is 11.3 Å². The predicted molar refractivity (Wildman–Crippen MR) is 149 cm³/mol. The molecule has 0 radical (unpaired) electrons. The molecule has 0 spiro atoms. The molecule has 2 atom stereocenters. The van der Waals surface area contributed by atoms with Crippen LogP contribution in [0.4, 0.5) is 0 Å². The Morgan fingerprint density at radius 1 is 1.05 bits per heavy atom. The SMILES string of the molecule is COc1cccc(OC[C@H]2c3ccsc3CCN2C(=O)CN(C[C@H]2CCCO2)C(=O)c2cccc(OC)c2)c1. The first-order chi connectivity index (χ1) is 19.1. The van der Waals surface area contributed by atoms with Crippen molar-refractivity contribution in [3.8, 4) is 17.2 Å². The summed E-state index contributed by atoms with van der Waals surface area (Å²) in [5.41, 5.74) is 1.59. The number of methoxy groups -OCH3 is 2. The fourth-order valence-electron chi connectivity index (χ4n) is 5.19. The van der Waals surface area contributed by atoms with Crippen molar-refractivity contribution in [2.75, 3.05) is 47.1 Å². The molecule has 2 aliphatic rings. The van der Waals surface area contributed by atoms with Crippen molar-refractivity contribution in [2.24, 2.45) is 0 Å². The molecule has 1 saturated heterocycles. The Labute approximate surface area is 233 Å². The quantitative estimate of drug-likeness (QED) is 0.368. The molecule has 3 aromatic rings.